The van der Waals surface area contributed by atoms with Crippen LogP contribution in [0.25, 0.3) is 0 Å². The minimum Gasteiger partial charge on any atom is -0.491 e. The molecule has 1 aliphatic heterocycles. The summed E-state index contributed by atoms with van der Waals surface area (Å²) in [6.45, 7) is 1.73. The fourth-order valence-electron chi connectivity index (χ4n) is 2.44. The number of nitro benzene ring substituents is 1. The standard InChI is InChI=1S/C13H19N3O3/c1-15-7-3-4-10(15)9-19-13-6-2-5-12(16(17)18)11(13)8-14/h2,5-6,10H,3-4,7-9,14H2,1H3. The average Bonchev–Trinajstić information content (AvgIpc) is 2.81. The summed E-state index contributed by atoms with van der Waals surface area (Å²) >= 11 is 0. The van der Waals surface area contributed by atoms with E-state index in [0.29, 0.717) is 24.0 Å². The molecule has 0 spiro atoms. The molecule has 1 saturated heterocycles. The molecule has 104 valence electrons. The van der Waals surface area contributed by atoms with Crippen molar-refractivity contribution in [1.82, 2.24) is 4.90 Å². The van der Waals surface area contributed by atoms with E-state index < -0.39 is 4.92 Å². The van der Waals surface area contributed by atoms with Gasteiger partial charge in [0.25, 0.3) is 5.69 Å². The maximum Gasteiger partial charge on any atom is 0.277 e. The van der Waals surface area contributed by atoms with Gasteiger partial charge in [-0.25, -0.2) is 0 Å². The van der Waals surface area contributed by atoms with Gasteiger partial charge >= 0.3 is 0 Å². The van der Waals surface area contributed by atoms with Crippen LogP contribution in [0, 0.1) is 10.1 Å². The summed E-state index contributed by atoms with van der Waals surface area (Å²) in [5.74, 6) is 0.525. The normalized spacial score (nSPS) is 19.6. The number of benzene rings is 1. The molecule has 1 fully saturated rings. The van der Waals surface area contributed by atoms with E-state index in [-0.39, 0.29) is 12.2 Å². The Balaban J connectivity index is 2.11. The van der Waals surface area contributed by atoms with E-state index in [1.54, 1.807) is 12.1 Å². The largest absolute Gasteiger partial charge is 0.491 e. The lowest BCUT2D eigenvalue weighted by Gasteiger charge is -2.20. The van der Waals surface area contributed by atoms with Gasteiger partial charge in [-0.05, 0) is 32.5 Å². The minimum atomic E-state index is -0.420. The molecular formula is C13H19N3O3. The van der Waals surface area contributed by atoms with Crippen LogP contribution in [0.15, 0.2) is 18.2 Å². The Morgan fingerprint density at radius 3 is 2.95 bits per heavy atom. The number of nitrogens with two attached hydrogens (primary N) is 1. The van der Waals surface area contributed by atoms with Crippen LogP contribution < -0.4 is 10.5 Å². The number of likely N-dealkylation sites (tertiary alicyclic amines) is 1. The van der Waals surface area contributed by atoms with Gasteiger partial charge < -0.3 is 15.4 Å². The Labute approximate surface area is 112 Å². The zero-order valence-electron chi connectivity index (χ0n) is 11.0. The fourth-order valence-corrected chi connectivity index (χ4v) is 2.44. The lowest BCUT2D eigenvalue weighted by Crippen LogP contribution is -2.30. The summed E-state index contributed by atoms with van der Waals surface area (Å²) in [6, 6.07) is 5.20. The zero-order valence-corrected chi connectivity index (χ0v) is 11.0. The summed E-state index contributed by atoms with van der Waals surface area (Å²) < 4.78 is 5.75. The molecule has 1 heterocycles. The quantitative estimate of drug-likeness (QED) is 0.645. The van der Waals surface area contributed by atoms with Gasteiger partial charge in [-0.1, -0.05) is 6.07 Å². The highest BCUT2D eigenvalue weighted by molar-refractivity contribution is 5.49. The van der Waals surface area contributed by atoms with E-state index in [1.165, 1.54) is 12.5 Å². The highest BCUT2D eigenvalue weighted by atomic mass is 16.6. The Morgan fingerprint density at radius 1 is 1.58 bits per heavy atom. The number of rotatable bonds is 5. The summed E-state index contributed by atoms with van der Waals surface area (Å²) in [5.41, 5.74) is 6.10. The monoisotopic (exact) mass is 265 g/mol. The molecule has 0 bridgehead atoms. The number of nitro groups is 1. The second-order valence-electron chi connectivity index (χ2n) is 4.80. The lowest BCUT2D eigenvalue weighted by atomic mass is 10.1. The SMILES string of the molecule is CN1CCCC1COc1cccc([N+](=O)[O-])c1CN. The van der Waals surface area contributed by atoms with Gasteiger partial charge in [0.1, 0.15) is 12.4 Å². The topological polar surface area (TPSA) is 81.6 Å². The molecule has 6 heteroatoms. The highest BCUT2D eigenvalue weighted by Gasteiger charge is 2.23. The van der Waals surface area contributed by atoms with Crippen LogP contribution in [0.4, 0.5) is 5.69 Å². The molecular weight excluding hydrogens is 246 g/mol. The van der Waals surface area contributed by atoms with Crippen molar-refractivity contribution in [2.75, 3.05) is 20.2 Å². The van der Waals surface area contributed by atoms with Gasteiger partial charge in [-0.15, -0.1) is 0 Å². The number of ether oxygens (including phenoxy) is 1. The molecule has 1 aliphatic rings. The molecule has 2 rings (SSSR count). The lowest BCUT2D eigenvalue weighted by molar-refractivity contribution is -0.385. The Morgan fingerprint density at radius 2 is 2.37 bits per heavy atom. The van der Waals surface area contributed by atoms with E-state index in [4.69, 9.17) is 10.5 Å². The van der Waals surface area contributed by atoms with Crippen LogP contribution in [-0.4, -0.2) is 36.1 Å². The van der Waals surface area contributed by atoms with E-state index in [1.807, 2.05) is 0 Å². The van der Waals surface area contributed by atoms with Crippen molar-refractivity contribution >= 4 is 5.69 Å². The van der Waals surface area contributed by atoms with E-state index in [9.17, 15) is 10.1 Å². The molecule has 0 saturated carbocycles. The third-order valence-electron chi connectivity index (χ3n) is 3.61. The molecule has 1 aromatic rings. The minimum absolute atomic E-state index is 0.0276. The number of nitrogens with zero attached hydrogens (tertiary/aromatic N) is 2. The molecule has 0 aliphatic carbocycles. The van der Waals surface area contributed by atoms with Crippen LogP contribution in [-0.2, 0) is 6.54 Å². The maximum atomic E-state index is 10.9. The van der Waals surface area contributed by atoms with Gasteiger partial charge in [-0.3, -0.25) is 10.1 Å². The van der Waals surface area contributed by atoms with Crippen molar-refractivity contribution in [2.45, 2.75) is 25.4 Å². The predicted molar refractivity (Wildman–Crippen MR) is 72.1 cm³/mol. The smallest absolute Gasteiger partial charge is 0.277 e. The first-order valence-electron chi connectivity index (χ1n) is 6.43. The van der Waals surface area contributed by atoms with Crippen LogP contribution in [0.2, 0.25) is 0 Å². The van der Waals surface area contributed by atoms with Gasteiger partial charge in [0.2, 0.25) is 0 Å². The van der Waals surface area contributed by atoms with Gasteiger partial charge in [0.05, 0.1) is 10.5 Å². The molecule has 1 unspecified atom stereocenters. The third-order valence-corrected chi connectivity index (χ3v) is 3.61. The van der Waals surface area contributed by atoms with E-state index in [0.717, 1.165) is 13.0 Å². The fraction of sp³-hybridized carbons (Fsp3) is 0.538. The van der Waals surface area contributed by atoms with Gasteiger partial charge in [0, 0.05) is 18.7 Å². The first-order valence-corrected chi connectivity index (χ1v) is 6.43. The summed E-state index contributed by atoms with van der Waals surface area (Å²) in [5, 5.41) is 10.9. The van der Waals surface area contributed by atoms with Crippen LogP contribution >= 0.6 is 0 Å². The van der Waals surface area contributed by atoms with E-state index >= 15 is 0 Å². The van der Waals surface area contributed by atoms with Crippen molar-refractivity contribution < 1.29 is 9.66 Å². The number of hydrogen-bond acceptors (Lipinski definition) is 5. The van der Waals surface area contributed by atoms with Crippen LogP contribution in [0.5, 0.6) is 5.75 Å². The average molecular weight is 265 g/mol. The molecule has 1 aromatic carbocycles. The van der Waals surface area contributed by atoms with Crippen molar-refractivity contribution in [3.05, 3.63) is 33.9 Å². The molecule has 0 radical (unpaired) electrons. The first-order chi connectivity index (χ1) is 9.13. The summed E-state index contributed by atoms with van der Waals surface area (Å²) in [7, 11) is 2.07. The number of hydrogen-bond donors (Lipinski definition) is 1. The molecule has 0 aromatic heterocycles. The Bertz CT molecular complexity index is 464. The number of likely N-dealkylation sites (N-methyl/N-ethyl adjacent to an activating group) is 1. The molecule has 6 nitrogen and oxygen atoms in total. The summed E-state index contributed by atoms with van der Waals surface area (Å²) in [6.07, 6.45) is 2.27. The molecule has 2 N–H and O–H groups in total. The van der Waals surface area contributed by atoms with Crippen molar-refractivity contribution in [1.29, 1.82) is 0 Å². The molecule has 19 heavy (non-hydrogen) atoms. The summed E-state index contributed by atoms with van der Waals surface area (Å²) in [4.78, 5) is 12.8. The predicted octanol–water partition coefficient (Wildman–Crippen LogP) is 1.53. The van der Waals surface area contributed by atoms with Crippen LogP contribution in [0.3, 0.4) is 0 Å². The van der Waals surface area contributed by atoms with Crippen molar-refractivity contribution in [3.8, 4) is 5.75 Å². The molecule has 0 amide bonds. The van der Waals surface area contributed by atoms with Gasteiger partial charge in [0.15, 0.2) is 0 Å². The maximum absolute atomic E-state index is 10.9. The zero-order chi connectivity index (χ0) is 13.8. The van der Waals surface area contributed by atoms with Crippen molar-refractivity contribution in [3.63, 3.8) is 0 Å². The highest BCUT2D eigenvalue weighted by Crippen LogP contribution is 2.28. The third kappa shape index (κ3) is 3.02. The van der Waals surface area contributed by atoms with Gasteiger partial charge in [-0.2, -0.15) is 0 Å². The second kappa shape index (κ2) is 5.99. The Hall–Kier alpha value is -1.66. The van der Waals surface area contributed by atoms with E-state index in [2.05, 4.69) is 11.9 Å². The van der Waals surface area contributed by atoms with Crippen LogP contribution in [0.1, 0.15) is 18.4 Å². The van der Waals surface area contributed by atoms with Crippen molar-refractivity contribution in [2.24, 2.45) is 5.73 Å². The Kier molecular flexibility index (Phi) is 4.34. The molecule has 1 atom stereocenters. The second-order valence-corrected chi connectivity index (χ2v) is 4.80. The first kappa shape index (κ1) is 13.8.